The Morgan fingerprint density at radius 3 is 2.40 bits per heavy atom. The quantitative estimate of drug-likeness (QED) is 0.471. The Balaban J connectivity index is 3.02. The fourth-order valence-corrected chi connectivity index (χ4v) is 0.967. The van der Waals surface area contributed by atoms with Gasteiger partial charge in [-0.25, -0.2) is 0 Å². The maximum Gasteiger partial charge on any atom is 0.0599 e. The van der Waals surface area contributed by atoms with E-state index in [0.717, 1.165) is 39.3 Å². The summed E-state index contributed by atoms with van der Waals surface area (Å²) in [6, 6.07) is 0. The monoisotopic (exact) mass is 215 g/mol. The zero-order valence-corrected chi connectivity index (χ0v) is 10.3. The molecule has 0 aromatic carbocycles. The SMILES string of the molecule is C=CCCOCCNCCOC(C)(C)C. The summed E-state index contributed by atoms with van der Waals surface area (Å²) >= 11 is 0. The van der Waals surface area contributed by atoms with E-state index in [1.165, 1.54) is 0 Å². The Hall–Kier alpha value is -0.380. The van der Waals surface area contributed by atoms with Crippen LogP contribution >= 0.6 is 0 Å². The van der Waals surface area contributed by atoms with Gasteiger partial charge in [-0.3, -0.25) is 0 Å². The predicted molar refractivity (Wildman–Crippen MR) is 64.2 cm³/mol. The number of ether oxygens (including phenoxy) is 2. The molecule has 0 amide bonds. The van der Waals surface area contributed by atoms with Gasteiger partial charge in [-0.2, -0.15) is 0 Å². The van der Waals surface area contributed by atoms with Crippen molar-refractivity contribution < 1.29 is 9.47 Å². The molecule has 0 fully saturated rings. The Morgan fingerprint density at radius 2 is 1.80 bits per heavy atom. The minimum Gasteiger partial charge on any atom is -0.380 e. The Kier molecular flexibility index (Phi) is 8.67. The van der Waals surface area contributed by atoms with Crippen LogP contribution in [0.15, 0.2) is 12.7 Å². The lowest BCUT2D eigenvalue weighted by Gasteiger charge is -2.19. The van der Waals surface area contributed by atoms with Crippen LogP contribution in [0.2, 0.25) is 0 Å². The van der Waals surface area contributed by atoms with Gasteiger partial charge in [0.25, 0.3) is 0 Å². The maximum absolute atomic E-state index is 5.56. The van der Waals surface area contributed by atoms with Gasteiger partial charge in [-0.05, 0) is 27.2 Å². The summed E-state index contributed by atoms with van der Waals surface area (Å²) in [4.78, 5) is 0. The van der Waals surface area contributed by atoms with Crippen LogP contribution in [0, 0.1) is 0 Å². The average Bonchev–Trinajstić information content (AvgIpc) is 2.14. The van der Waals surface area contributed by atoms with E-state index in [1.807, 2.05) is 6.08 Å². The molecule has 1 N–H and O–H groups in total. The predicted octanol–water partition coefficient (Wildman–Crippen LogP) is 1.98. The van der Waals surface area contributed by atoms with Crippen LogP contribution < -0.4 is 5.32 Å². The lowest BCUT2D eigenvalue weighted by atomic mass is 10.2. The Labute approximate surface area is 93.8 Å². The molecule has 0 saturated heterocycles. The molecule has 0 unspecified atom stereocenters. The number of hydrogen-bond acceptors (Lipinski definition) is 3. The lowest BCUT2D eigenvalue weighted by molar-refractivity contribution is -0.00128. The Morgan fingerprint density at radius 1 is 1.13 bits per heavy atom. The fraction of sp³-hybridized carbons (Fsp3) is 0.833. The van der Waals surface area contributed by atoms with E-state index in [0.29, 0.717) is 0 Å². The number of rotatable bonds is 9. The molecule has 0 aromatic rings. The molecular weight excluding hydrogens is 190 g/mol. The molecule has 0 saturated carbocycles. The first-order valence-corrected chi connectivity index (χ1v) is 5.59. The molecular formula is C12H25NO2. The molecule has 0 bridgehead atoms. The van der Waals surface area contributed by atoms with E-state index in [2.05, 4.69) is 32.7 Å². The highest BCUT2D eigenvalue weighted by molar-refractivity contribution is 4.64. The maximum atomic E-state index is 5.56. The van der Waals surface area contributed by atoms with Crippen LogP contribution in [0.25, 0.3) is 0 Å². The molecule has 0 aliphatic heterocycles. The number of hydrogen-bond donors (Lipinski definition) is 1. The zero-order chi connectivity index (χ0) is 11.6. The first kappa shape index (κ1) is 14.6. The third-order valence-corrected chi connectivity index (χ3v) is 1.70. The zero-order valence-electron chi connectivity index (χ0n) is 10.3. The van der Waals surface area contributed by atoms with Crippen LogP contribution in [0.3, 0.4) is 0 Å². The summed E-state index contributed by atoms with van der Waals surface area (Å²) in [5.41, 5.74) is -0.0395. The first-order chi connectivity index (χ1) is 7.06. The van der Waals surface area contributed by atoms with Crippen molar-refractivity contribution in [2.75, 3.05) is 32.9 Å². The van der Waals surface area contributed by atoms with Gasteiger partial charge in [-0.15, -0.1) is 6.58 Å². The Bertz CT molecular complexity index is 152. The third-order valence-electron chi connectivity index (χ3n) is 1.70. The summed E-state index contributed by atoms with van der Waals surface area (Å²) in [7, 11) is 0. The molecule has 0 spiro atoms. The molecule has 0 heterocycles. The second-order valence-electron chi connectivity index (χ2n) is 4.40. The van der Waals surface area contributed by atoms with Crippen LogP contribution in [-0.4, -0.2) is 38.5 Å². The molecule has 15 heavy (non-hydrogen) atoms. The normalized spacial score (nSPS) is 11.7. The fourth-order valence-electron chi connectivity index (χ4n) is 0.967. The highest BCUT2D eigenvalue weighted by atomic mass is 16.5. The van der Waals surface area contributed by atoms with E-state index < -0.39 is 0 Å². The molecule has 0 rings (SSSR count). The van der Waals surface area contributed by atoms with Crippen molar-refractivity contribution in [2.24, 2.45) is 0 Å². The van der Waals surface area contributed by atoms with E-state index in [-0.39, 0.29) is 5.60 Å². The molecule has 3 heteroatoms. The molecule has 90 valence electrons. The summed E-state index contributed by atoms with van der Waals surface area (Å²) in [5, 5.41) is 3.26. The molecule has 0 atom stereocenters. The molecule has 0 aromatic heterocycles. The van der Waals surface area contributed by atoms with Gasteiger partial charge in [0.2, 0.25) is 0 Å². The summed E-state index contributed by atoms with van der Waals surface area (Å²) in [6.45, 7) is 13.8. The first-order valence-electron chi connectivity index (χ1n) is 5.59. The number of nitrogens with one attached hydrogen (secondary N) is 1. The van der Waals surface area contributed by atoms with Gasteiger partial charge < -0.3 is 14.8 Å². The smallest absolute Gasteiger partial charge is 0.0599 e. The van der Waals surface area contributed by atoms with Crippen molar-refractivity contribution in [1.29, 1.82) is 0 Å². The summed E-state index contributed by atoms with van der Waals surface area (Å²) in [6.07, 6.45) is 2.79. The van der Waals surface area contributed by atoms with Crippen molar-refractivity contribution in [2.45, 2.75) is 32.8 Å². The van der Waals surface area contributed by atoms with Crippen molar-refractivity contribution in [1.82, 2.24) is 5.32 Å². The minimum absolute atomic E-state index is 0.0395. The van der Waals surface area contributed by atoms with Gasteiger partial charge in [0.15, 0.2) is 0 Å². The van der Waals surface area contributed by atoms with Gasteiger partial charge in [0.05, 0.1) is 25.4 Å². The topological polar surface area (TPSA) is 30.5 Å². The van der Waals surface area contributed by atoms with Crippen LogP contribution in [0.4, 0.5) is 0 Å². The van der Waals surface area contributed by atoms with E-state index in [4.69, 9.17) is 9.47 Å². The molecule has 0 radical (unpaired) electrons. The largest absolute Gasteiger partial charge is 0.380 e. The standard InChI is InChI=1S/C12H25NO2/c1-5-6-9-14-10-7-13-8-11-15-12(2,3)4/h5,13H,1,6-11H2,2-4H3. The van der Waals surface area contributed by atoms with Gasteiger partial charge in [0, 0.05) is 13.1 Å². The molecule has 0 aliphatic carbocycles. The van der Waals surface area contributed by atoms with Crippen LogP contribution in [-0.2, 0) is 9.47 Å². The van der Waals surface area contributed by atoms with Crippen LogP contribution in [0.1, 0.15) is 27.2 Å². The van der Waals surface area contributed by atoms with E-state index >= 15 is 0 Å². The second-order valence-corrected chi connectivity index (χ2v) is 4.40. The lowest BCUT2D eigenvalue weighted by Crippen LogP contribution is -2.28. The molecule has 0 aliphatic rings. The highest BCUT2D eigenvalue weighted by Crippen LogP contribution is 2.04. The average molecular weight is 215 g/mol. The van der Waals surface area contributed by atoms with Crippen molar-refractivity contribution in [3.63, 3.8) is 0 Å². The second kappa shape index (κ2) is 8.89. The van der Waals surface area contributed by atoms with E-state index in [9.17, 15) is 0 Å². The summed E-state index contributed by atoms with van der Waals surface area (Å²) < 4.78 is 10.9. The van der Waals surface area contributed by atoms with Crippen molar-refractivity contribution >= 4 is 0 Å². The molecule has 3 nitrogen and oxygen atoms in total. The van der Waals surface area contributed by atoms with Gasteiger partial charge in [0.1, 0.15) is 0 Å². The van der Waals surface area contributed by atoms with Gasteiger partial charge >= 0.3 is 0 Å². The highest BCUT2D eigenvalue weighted by Gasteiger charge is 2.08. The third kappa shape index (κ3) is 13.6. The van der Waals surface area contributed by atoms with Gasteiger partial charge in [-0.1, -0.05) is 6.08 Å². The van der Waals surface area contributed by atoms with E-state index in [1.54, 1.807) is 0 Å². The van der Waals surface area contributed by atoms with Crippen molar-refractivity contribution in [3.05, 3.63) is 12.7 Å². The van der Waals surface area contributed by atoms with Crippen LogP contribution in [0.5, 0.6) is 0 Å². The van der Waals surface area contributed by atoms with Crippen molar-refractivity contribution in [3.8, 4) is 0 Å². The summed E-state index contributed by atoms with van der Waals surface area (Å²) in [5.74, 6) is 0. The minimum atomic E-state index is -0.0395.